The summed E-state index contributed by atoms with van der Waals surface area (Å²) in [6.45, 7) is 3.26. The van der Waals surface area contributed by atoms with Gasteiger partial charge in [0.15, 0.2) is 0 Å². The molecular weight excluding hydrogens is 226 g/mol. The van der Waals surface area contributed by atoms with Gasteiger partial charge in [-0.3, -0.25) is 4.79 Å². The van der Waals surface area contributed by atoms with Crippen LogP contribution in [0.25, 0.3) is 0 Å². The van der Waals surface area contributed by atoms with Crippen molar-refractivity contribution in [1.29, 1.82) is 0 Å². The number of carboxylic acid groups (broad SMARTS) is 1. The predicted molar refractivity (Wildman–Crippen MR) is 59.8 cm³/mol. The molecule has 0 aromatic carbocycles. The SMILES string of the molecule is CCCC(C)(NC(=O)c1c[nH]c(=O)[nH]1)C(=O)O. The summed E-state index contributed by atoms with van der Waals surface area (Å²) in [5, 5.41) is 11.5. The molecule has 1 rings (SSSR count). The lowest BCUT2D eigenvalue weighted by Gasteiger charge is -2.25. The first-order chi connectivity index (χ1) is 7.89. The number of carbonyl (C=O) groups excluding carboxylic acids is 1. The van der Waals surface area contributed by atoms with Gasteiger partial charge in [0.1, 0.15) is 11.2 Å². The van der Waals surface area contributed by atoms with Gasteiger partial charge in [-0.1, -0.05) is 13.3 Å². The Kier molecular flexibility index (Phi) is 3.72. The van der Waals surface area contributed by atoms with E-state index in [2.05, 4.69) is 15.3 Å². The number of aromatic nitrogens is 2. The van der Waals surface area contributed by atoms with E-state index >= 15 is 0 Å². The molecule has 0 saturated carbocycles. The van der Waals surface area contributed by atoms with E-state index in [0.29, 0.717) is 12.8 Å². The summed E-state index contributed by atoms with van der Waals surface area (Å²) in [7, 11) is 0. The molecule has 0 aliphatic rings. The number of carbonyl (C=O) groups is 2. The minimum atomic E-state index is -1.33. The van der Waals surface area contributed by atoms with Gasteiger partial charge < -0.3 is 20.4 Å². The van der Waals surface area contributed by atoms with E-state index in [-0.39, 0.29) is 5.69 Å². The number of aliphatic carboxylic acids is 1. The molecule has 1 heterocycles. The lowest BCUT2D eigenvalue weighted by molar-refractivity contribution is -0.144. The van der Waals surface area contributed by atoms with Gasteiger partial charge in [-0.2, -0.15) is 0 Å². The number of amides is 1. The van der Waals surface area contributed by atoms with Crippen LogP contribution in [0.1, 0.15) is 37.2 Å². The number of aromatic amines is 2. The van der Waals surface area contributed by atoms with Crippen molar-refractivity contribution in [2.45, 2.75) is 32.2 Å². The Labute approximate surface area is 97.2 Å². The van der Waals surface area contributed by atoms with Crippen molar-refractivity contribution in [2.24, 2.45) is 0 Å². The summed E-state index contributed by atoms with van der Waals surface area (Å²) in [5.41, 5.74) is -1.83. The molecule has 0 spiro atoms. The fourth-order valence-corrected chi connectivity index (χ4v) is 1.50. The van der Waals surface area contributed by atoms with Gasteiger partial charge in [0, 0.05) is 6.20 Å². The minimum absolute atomic E-state index is 0.0126. The van der Waals surface area contributed by atoms with Crippen LogP contribution in [0.4, 0.5) is 0 Å². The van der Waals surface area contributed by atoms with Crippen molar-refractivity contribution < 1.29 is 14.7 Å². The molecule has 0 fully saturated rings. The van der Waals surface area contributed by atoms with E-state index in [4.69, 9.17) is 5.11 Å². The summed E-state index contributed by atoms with van der Waals surface area (Å²) in [4.78, 5) is 38.1. The first-order valence-electron chi connectivity index (χ1n) is 5.22. The molecule has 7 heteroatoms. The fourth-order valence-electron chi connectivity index (χ4n) is 1.50. The highest BCUT2D eigenvalue weighted by Gasteiger charge is 2.34. The van der Waals surface area contributed by atoms with Crippen LogP contribution < -0.4 is 11.0 Å². The number of carboxylic acids is 1. The second-order valence-corrected chi connectivity index (χ2v) is 4.00. The van der Waals surface area contributed by atoms with Crippen LogP contribution >= 0.6 is 0 Å². The highest BCUT2D eigenvalue weighted by molar-refractivity contribution is 5.96. The molecule has 0 aliphatic heterocycles. The van der Waals surface area contributed by atoms with Gasteiger partial charge in [0.2, 0.25) is 0 Å². The average Bonchev–Trinajstić information content (AvgIpc) is 2.65. The second kappa shape index (κ2) is 4.86. The highest BCUT2D eigenvalue weighted by Crippen LogP contribution is 2.13. The molecule has 94 valence electrons. The summed E-state index contributed by atoms with van der Waals surface area (Å²) in [5.74, 6) is -1.73. The van der Waals surface area contributed by atoms with E-state index in [1.165, 1.54) is 13.1 Å². The van der Waals surface area contributed by atoms with Crippen molar-refractivity contribution in [3.8, 4) is 0 Å². The highest BCUT2D eigenvalue weighted by atomic mass is 16.4. The average molecular weight is 241 g/mol. The van der Waals surface area contributed by atoms with Gasteiger partial charge in [0.25, 0.3) is 5.91 Å². The van der Waals surface area contributed by atoms with Crippen LogP contribution in [0.15, 0.2) is 11.0 Å². The molecule has 0 radical (unpaired) electrons. The fraction of sp³-hybridized carbons (Fsp3) is 0.500. The Morgan fingerprint density at radius 1 is 1.53 bits per heavy atom. The van der Waals surface area contributed by atoms with Gasteiger partial charge in [-0.05, 0) is 13.3 Å². The number of hydrogen-bond donors (Lipinski definition) is 4. The maximum Gasteiger partial charge on any atom is 0.329 e. The standard InChI is InChI=1S/C10H15N3O4/c1-3-4-10(2,8(15)16)13-7(14)6-5-11-9(17)12-6/h5H,3-4H2,1-2H3,(H,13,14)(H,15,16)(H2,11,12,17). The Hall–Kier alpha value is -2.05. The van der Waals surface area contributed by atoms with Crippen LogP contribution in [0.3, 0.4) is 0 Å². The van der Waals surface area contributed by atoms with Crippen LogP contribution in [0, 0.1) is 0 Å². The monoisotopic (exact) mass is 241 g/mol. The van der Waals surface area contributed by atoms with E-state index in [9.17, 15) is 14.4 Å². The Bertz CT molecular complexity index is 476. The van der Waals surface area contributed by atoms with Crippen molar-refractivity contribution in [3.05, 3.63) is 22.4 Å². The van der Waals surface area contributed by atoms with Crippen LogP contribution in [0.2, 0.25) is 0 Å². The number of imidazole rings is 1. The van der Waals surface area contributed by atoms with Crippen LogP contribution in [-0.4, -0.2) is 32.5 Å². The van der Waals surface area contributed by atoms with Crippen molar-refractivity contribution in [1.82, 2.24) is 15.3 Å². The third-order valence-corrected chi connectivity index (χ3v) is 2.45. The minimum Gasteiger partial charge on any atom is -0.480 e. The largest absolute Gasteiger partial charge is 0.480 e. The molecule has 17 heavy (non-hydrogen) atoms. The van der Waals surface area contributed by atoms with Crippen molar-refractivity contribution in [2.75, 3.05) is 0 Å². The maximum atomic E-state index is 11.7. The van der Waals surface area contributed by atoms with E-state index < -0.39 is 23.1 Å². The first kappa shape index (κ1) is 13.0. The lowest BCUT2D eigenvalue weighted by Crippen LogP contribution is -2.52. The molecule has 0 saturated heterocycles. The molecule has 4 N–H and O–H groups in total. The molecule has 1 aromatic heterocycles. The smallest absolute Gasteiger partial charge is 0.329 e. The molecule has 1 unspecified atom stereocenters. The van der Waals surface area contributed by atoms with Crippen molar-refractivity contribution >= 4 is 11.9 Å². The zero-order valence-electron chi connectivity index (χ0n) is 9.66. The van der Waals surface area contributed by atoms with E-state index in [1.54, 1.807) is 0 Å². The zero-order valence-corrected chi connectivity index (χ0v) is 9.66. The predicted octanol–water partition coefficient (Wildman–Crippen LogP) is 0.0762. The third kappa shape index (κ3) is 2.96. The number of nitrogens with one attached hydrogen (secondary N) is 3. The molecular formula is C10H15N3O4. The maximum absolute atomic E-state index is 11.7. The lowest BCUT2D eigenvalue weighted by atomic mass is 9.96. The summed E-state index contributed by atoms with van der Waals surface area (Å²) < 4.78 is 0. The molecule has 1 aromatic rings. The normalized spacial score (nSPS) is 14.0. The Morgan fingerprint density at radius 2 is 2.18 bits per heavy atom. The summed E-state index contributed by atoms with van der Waals surface area (Å²) in [6, 6.07) is 0. The molecule has 0 aliphatic carbocycles. The number of rotatable bonds is 5. The van der Waals surface area contributed by atoms with Crippen molar-refractivity contribution in [3.63, 3.8) is 0 Å². The number of H-pyrrole nitrogens is 2. The third-order valence-electron chi connectivity index (χ3n) is 2.45. The molecule has 1 amide bonds. The quantitative estimate of drug-likeness (QED) is 0.584. The van der Waals surface area contributed by atoms with Gasteiger partial charge in [-0.15, -0.1) is 0 Å². The zero-order chi connectivity index (χ0) is 13.1. The Morgan fingerprint density at radius 3 is 2.59 bits per heavy atom. The molecule has 0 bridgehead atoms. The number of hydrogen-bond acceptors (Lipinski definition) is 3. The van der Waals surface area contributed by atoms with Gasteiger partial charge >= 0.3 is 11.7 Å². The molecule has 7 nitrogen and oxygen atoms in total. The van der Waals surface area contributed by atoms with Crippen LogP contribution in [-0.2, 0) is 4.79 Å². The topological polar surface area (TPSA) is 115 Å². The van der Waals surface area contributed by atoms with E-state index in [1.807, 2.05) is 6.92 Å². The second-order valence-electron chi connectivity index (χ2n) is 4.00. The summed E-state index contributed by atoms with van der Waals surface area (Å²) >= 11 is 0. The Balaban J connectivity index is 2.85. The first-order valence-corrected chi connectivity index (χ1v) is 5.22. The summed E-state index contributed by atoms with van der Waals surface area (Å²) in [6.07, 6.45) is 2.13. The van der Waals surface area contributed by atoms with Crippen LogP contribution in [0.5, 0.6) is 0 Å². The van der Waals surface area contributed by atoms with Gasteiger partial charge in [-0.25, -0.2) is 9.59 Å². The molecule has 1 atom stereocenters. The van der Waals surface area contributed by atoms with Gasteiger partial charge in [0.05, 0.1) is 0 Å². The van der Waals surface area contributed by atoms with E-state index in [0.717, 1.165) is 0 Å².